The van der Waals surface area contributed by atoms with Crippen LogP contribution in [0.25, 0.3) is 0 Å². The molecule has 0 aliphatic carbocycles. The number of ether oxygens (including phenoxy) is 2. The lowest BCUT2D eigenvalue weighted by Gasteiger charge is -2.28. The fraction of sp³-hybridized carbons (Fsp3) is 0.538. The molecule has 1 aliphatic rings. The summed E-state index contributed by atoms with van der Waals surface area (Å²) in [4.78, 5) is 0. The van der Waals surface area contributed by atoms with E-state index in [2.05, 4.69) is 12.1 Å². The molecular formula is C13H19NO2. The normalized spacial score (nSPS) is 25.4. The van der Waals surface area contributed by atoms with Crippen LogP contribution in [0.1, 0.15) is 12.0 Å². The van der Waals surface area contributed by atoms with Crippen molar-refractivity contribution in [3.05, 3.63) is 29.8 Å². The summed E-state index contributed by atoms with van der Waals surface area (Å²) >= 11 is 0. The maximum Gasteiger partial charge on any atom is 0.118 e. The van der Waals surface area contributed by atoms with Crippen molar-refractivity contribution in [3.8, 4) is 5.75 Å². The Morgan fingerprint density at radius 3 is 2.75 bits per heavy atom. The molecule has 3 heteroatoms. The summed E-state index contributed by atoms with van der Waals surface area (Å²) < 4.78 is 10.6. The molecule has 1 saturated heterocycles. The molecule has 0 spiro atoms. The van der Waals surface area contributed by atoms with Gasteiger partial charge in [0.2, 0.25) is 0 Å². The van der Waals surface area contributed by atoms with E-state index < -0.39 is 0 Å². The van der Waals surface area contributed by atoms with E-state index in [0.29, 0.717) is 5.92 Å². The van der Waals surface area contributed by atoms with E-state index >= 15 is 0 Å². The van der Waals surface area contributed by atoms with Crippen LogP contribution in [-0.4, -0.2) is 26.4 Å². The molecule has 0 aromatic heterocycles. The first-order chi connectivity index (χ1) is 7.79. The van der Waals surface area contributed by atoms with Gasteiger partial charge in [0.15, 0.2) is 0 Å². The minimum absolute atomic E-state index is 0.274. The topological polar surface area (TPSA) is 44.5 Å². The summed E-state index contributed by atoms with van der Waals surface area (Å²) in [5, 5.41) is 0. The number of hydrogen-bond donors (Lipinski definition) is 1. The van der Waals surface area contributed by atoms with Gasteiger partial charge in [-0.1, -0.05) is 12.1 Å². The van der Waals surface area contributed by atoms with Gasteiger partial charge in [0.05, 0.1) is 13.7 Å². The third-order valence-corrected chi connectivity index (χ3v) is 3.19. The zero-order chi connectivity index (χ0) is 11.4. The summed E-state index contributed by atoms with van der Waals surface area (Å²) in [5.41, 5.74) is 7.38. The second-order valence-electron chi connectivity index (χ2n) is 4.34. The van der Waals surface area contributed by atoms with Gasteiger partial charge < -0.3 is 15.2 Å². The SMILES string of the molecule is COc1ccc(C[C@H]2COCC[C@@H]2N)cc1. The zero-order valence-electron chi connectivity index (χ0n) is 9.69. The molecule has 3 nitrogen and oxygen atoms in total. The first-order valence-electron chi connectivity index (χ1n) is 5.76. The van der Waals surface area contributed by atoms with Crippen LogP contribution in [-0.2, 0) is 11.2 Å². The third kappa shape index (κ3) is 2.74. The third-order valence-electron chi connectivity index (χ3n) is 3.19. The van der Waals surface area contributed by atoms with Gasteiger partial charge in [0.25, 0.3) is 0 Å². The number of hydrogen-bond acceptors (Lipinski definition) is 3. The molecular weight excluding hydrogens is 202 g/mol. The molecule has 2 rings (SSSR count). The highest BCUT2D eigenvalue weighted by molar-refractivity contribution is 5.27. The standard InChI is InChI=1S/C13H19NO2/c1-15-12-4-2-10(3-5-12)8-11-9-16-7-6-13(11)14/h2-5,11,13H,6-9,14H2,1H3/t11-,13-/m0/s1. The van der Waals surface area contributed by atoms with Gasteiger partial charge in [-0.25, -0.2) is 0 Å². The number of benzene rings is 1. The predicted molar refractivity (Wildman–Crippen MR) is 63.6 cm³/mol. The Balaban J connectivity index is 1.96. The van der Waals surface area contributed by atoms with E-state index in [1.165, 1.54) is 5.56 Å². The minimum atomic E-state index is 0.274. The minimum Gasteiger partial charge on any atom is -0.497 e. The first-order valence-corrected chi connectivity index (χ1v) is 5.76. The summed E-state index contributed by atoms with van der Waals surface area (Å²) in [6, 6.07) is 8.45. The fourth-order valence-electron chi connectivity index (χ4n) is 2.09. The highest BCUT2D eigenvalue weighted by atomic mass is 16.5. The molecule has 88 valence electrons. The quantitative estimate of drug-likeness (QED) is 0.843. The van der Waals surface area contributed by atoms with Gasteiger partial charge in [0, 0.05) is 18.6 Å². The van der Waals surface area contributed by atoms with Crippen LogP contribution in [0.15, 0.2) is 24.3 Å². The largest absolute Gasteiger partial charge is 0.497 e. The Morgan fingerprint density at radius 2 is 2.12 bits per heavy atom. The molecule has 2 atom stereocenters. The monoisotopic (exact) mass is 221 g/mol. The second kappa shape index (κ2) is 5.32. The van der Waals surface area contributed by atoms with E-state index in [-0.39, 0.29) is 6.04 Å². The Morgan fingerprint density at radius 1 is 1.38 bits per heavy atom. The molecule has 1 heterocycles. The highest BCUT2D eigenvalue weighted by Crippen LogP contribution is 2.20. The molecule has 0 bridgehead atoms. The van der Waals surface area contributed by atoms with E-state index in [1.54, 1.807) is 7.11 Å². The van der Waals surface area contributed by atoms with Crippen molar-refractivity contribution in [2.75, 3.05) is 20.3 Å². The summed E-state index contributed by atoms with van der Waals surface area (Å²) in [5.74, 6) is 1.34. The molecule has 1 aliphatic heterocycles. The lowest BCUT2D eigenvalue weighted by molar-refractivity contribution is 0.0422. The van der Waals surface area contributed by atoms with Crippen molar-refractivity contribution in [2.24, 2.45) is 11.7 Å². The maximum atomic E-state index is 6.08. The van der Waals surface area contributed by atoms with Crippen LogP contribution < -0.4 is 10.5 Å². The molecule has 1 fully saturated rings. The molecule has 16 heavy (non-hydrogen) atoms. The molecule has 1 aromatic carbocycles. The predicted octanol–water partition coefficient (Wildman–Crippen LogP) is 1.60. The van der Waals surface area contributed by atoms with Crippen LogP contribution in [0.5, 0.6) is 5.75 Å². The first kappa shape index (κ1) is 11.4. The van der Waals surface area contributed by atoms with E-state index in [1.807, 2.05) is 12.1 Å². The number of nitrogens with two attached hydrogens (primary N) is 1. The van der Waals surface area contributed by atoms with Crippen LogP contribution in [0.4, 0.5) is 0 Å². The van der Waals surface area contributed by atoms with Crippen molar-refractivity contribution < 1.29 is 9.47 Å². The lowest BCUT2D eigenvalue weighted by Crippen LogP contribution is -2.39. The summed E-state index contributed by atoms with van der Waals surface area (Å²) in [6.07, 6.45) is 1.96. The average molecular weight is 221 g/mol. The Hall–Kier alpha value is -1.06. The Labute approximate surface area is 96.5 Å². The van der Waals surface area contributed by atoms with Gasteiger partial charge in [-0.3, -0.25) is 0 Å². The summed E-state index contributed by atoms with van der Waals surface area (Å²) in [7, 11) is 1.68. The lowest BCUT2D eigenvalue weighted by atomic mass is 9.90. The smallest absolute Gasteiger partial charge is 0.118 e. The molecule has 0 amide bonds. The van der Waals surface area contributed by atoms with Crippen LogP contribution in [0.3, 0.4) is 0 Å². The molecule has 0 radical (unpaired) electrons. The van der Waals surface area contributed by atoms with Crippen LogP contribution in [0.2, 0.25) is 0 Å². The maximum absolute atomic E-state index is 6.08. The molecule has 0 unspecified atom stereocenters. The van der Waals surface area contributed by atoms with Crippen molar-refractivity contribution in [3.63, 3.8) is 0 Å². The van der Waals surface area contributed by atoms with Crippen LogP contribution in [0, 0.1) is 5.92 Å². The fourth-order valence-corrected chi connectivity index (χ4v) is 2.09. The van der Waals surface area contributed by atoms with E-state index in [4.69, 9.17) is 15.2 Å². The highest BCUT2D eigenvalue weighted by Gasteiger charge is 2.22. The van der Waals surface area contributed by atoms with Crippen molar-refractivity contribution >= 4 is 0 Å². The van der Waals surface area contributed by atoms with Gasteiger partial charge in [-0.05, 0) is 30.5 Å². The van der Waals surface area contributed by atoms with Gasteiger partial charge in [-0.15, -0.1) is 0 Å². The Kier molecular flexibility index (Phi) is 3.80. The van der Waals surface area contributed by atoms with Crippen molar-refractivity contribution in [2.45, 2.75) is 18.9 Å². The van der Waals surface area contributed by atoms with Crippen molar-refractivity contribution in [1.29, 1.82) is 0 Å². The van der Waals surface area contributed by atoms with E-state index in [9.17, 15) is 0 Å². The second-order valence-corrected chi connectivity index (χ2v) is 4.34. The summed E-state index contributed by atoms with van der Waals surface area (Å²) in [6.45, 7) is 1.59. The molecule has 1 aromatic rings. The van der Waals surface area contributed by atoms with Crippen molar-refractivity contribution in [1.82, 2.24) is 0 Å². The molecule has 0 saturated carbocycles. The van der Waals surface area contributed by atoms with Gasteiger partial charge in [0.1, 0.15) is 5.75 Å². The molecule has 2 N–H and O–H groups in total. The van der Waals surface area contributed by atoms with Gasteiger partial charge >= 0.3 is 0 Å². The van der Waals surface area contributed by atoms with Gasteiger partial charge in [-0.2, -0.15) is 0 Å². The van der Waals surface area contributed by atoms with Crippen LogP contribution >= 0.6 is 0 Å². The number of methoxy groups -OCH3 is 1. The van der Waals surface area contributed by atoms with E-state index in [0.717, 1.165) is 31.8 Å². The zero-order valence-corrected chi connectivity index (χ0v) is 9.69. The average Bonchev–Trinajstić information content (AvgIpc) is 2.33. The number of rotatable bonds is 3. The Bertz CT molecular complexity index is 323.